The van der Waals surface area contributed by atoms with Gasteiger partial charge in [-0.1, -0.05) is 52.3 Å². The third-order valence-electron chi connectivity index (χ3n) is 4.01. The van der Waals surface area contributed by atoms with Crippen LogP contribution in [-0.2, 0) is 11.8 Å². The predicted octanol–water partition coefficient (Wildman–Crippen LogP) is 4.37. The maximum atomic E-state index is 6.26. The average molecular weight is 275 g/mol. The molecule has 1 aliphatic heterocycles. The van der Waals surface area contributed by atoms with Gasteiger partial charge in [0.15, 0.2) is 0 Å². The number of likely N-dealkylation sites (tertiary alicyclic amines) is 1. The van der Waals surface area contributed by atoms with E-state index in [2.05, 4.69) is 50.8 Å². The molecule has 1 heterocycles. The second-order valence-electron chi connectivity index (χ2n) is 6.89. The summed E-state index contributed by atoms with van der Waals surface area (Å²) in [6, 6.07) is 6.62. The van der Waals surface area contributed by atoms with Crippen molar-refractivity contribution in [3.8, 4) is 5.75 Å². The van der Waals surface area contributed by atoms with Gasteiger partial charge in [0.25, 0.3) is 0 Å². The van der Waals surface area contributed by atoms with Gasteiger partial charge in [0.05, 0.1) is 0 Å². The van der Waals surface area contributed by atoms with Crippen molar-refractivity contribution in [3.63, 3.8) is 0 Å². The zero-order valence-corrected chi connectivity index (χ0v) is 13.5. The van der Waals surface area contributed by atoms with E-state index in [9.17, 15) is 0 Å². The topological polar surface area (TPSA) is 12.5 Å². The fourth-order valence-electron chi connectivity index (χ4n) is 2.88. The summed E-state index contributed by atoms with van der Waals surface area (Å²) >= 11 is 0. The first-order valence-electron chi connectivity index (χ1n) is 8.00. The Bertz CT molecular complexity index is 428. The third-order valence-corrected chi connectivity index (χ3v) is 4.01. The van der Waals surface area contributed by atoms with Gasteiger partial charge in [-0.3, -0.25) is 4.90 Å². The molecule has 0 unspecified atom stereocenters. The number of hydrogen-bond acceptors (Lipinski definition) is 2. The van der Waals surface area contributed by atoms with E-state index in [0.717, 1.165) is 25.3 Å². The molecule has 1 saturated heterocycles. The second kappa shape index (κ2) is 6.62. The number of ether oxygens (including phenoxy) is 1. The highest BCUT2D eigenvalue weighted by Gasteiger charge is 2.22. The largest absolute Gasteiger partial charge is 0.478 e. The molecule has 2 nitrogen and oxygen atoms in total. The zero-order chi connectivity index (χ0) is 14.6. The molecule has 0 aromatic heterocycles. The minimum Gasteiger partial charge on any atom is -0.478 e. The van der Waals surface area contributed by atoms with Gasteiger partial charge in [0.2, 0.25) is 0 Å². The summed E-state index contributed by atoms with van der Waals surface area (Å²) in [6.45, 7) is 12.1. The molecule has 1 aromatic carbocycles. The number of benzene rings is 1. The number of aryl methyl sites for hydroxylation is 1. The summed E-state index contributed by atoms with van der Waals surface area (Å²) < 4.78 is 6.26. The van der Waals surface area contributed by atoms with Crippen molar-refractivity contribution >= 4 is 0 Å². The normalized spacial score (nSPS) is 16.6. The summed E-state index contributed by atoms with van der Waals surface area (Å²) in [4.78, 5) is 2.41. The van der Waals surface area contributed by atoms with Gasteiger partial charge in [0, 0.05) is 13.1 Å². The second-order valence-corrected chi connectivity index (χ2v) is 6.89. The first kappa shape index (κ1) is 15.4. The summed E-state index contributed by atoms with van der Waals surface area (Å²) in [5.41, 5.74) is 2.83. The van der Waals surface area contributed by atoms with E-state index in [1.54, 1.807) is 0 Å². The Morgan fingerprint density at radius 1 is 1.15 bits per heavy atom. The average Bonchev–Trinajstić information content (AvgIpc) is 2.89. The number of rotatable bonds is 5. The van der Waals surface area contributed by atoms with E-state index in [1.165, 1.54) is 37.1 Å². The lowest BCUT2D eigenvalue weighted by Crippen LogP contribution is -2.26. The lowest BCUT2D eigenvalue weighted by molar-refractivity contribution is 0.148. The summed E-state index contributed by atoms with van der Waals surface area (Å²) in [7, 11) is 0. The molecule has 0 bridgehead atoms. The van der Waals surface area contributed by atoms with Crippen LogP contribution in [0.25, 0.3) is 0 Å². The van der Waals surface area contributed by atoms with Crippen molar-refractivity contribution in [1.29, 1.82) is 0 Å². The molecule has 1 aliphatic rings. The molecular weight excluding hydrogens is 246 g/mol. The minimum absolute atomic E-state index is 0.129. The van der Waals surface area contributed by atoms with E-state index >= 15 is 0 Å². The van der Waals surface area contributed by atoms with Gasteiger partial charge in [-0.05, 0) is 35.8 Å². The van der Waals surface area contributed by atoms with Crippen molar-refractivity contribution < 1.29 is 4.74 Å². The van der Waals surface area contributed by atoms with Crippen molar-refractivity contribution in [2.24, 2.45) is 0 Å². The van der Waals surface area contributed by atoms with Gasteiger partial charge in [-0.2, -0.15) is 0 Å². The fourth-order valence-corrected chi connectivity index (χ4v) is 2.88. The van der Waals surface area contributed by atoms with E-state index in [-0.39, 0.29) is 5.41 Å². The lowest BCUT2D eigenvalue weighted by atomic mass is 9.84. The van der Waals surface area contributed by atoms with Gasteiger partial charge in [-0.25, -0.2) is 0 Å². The minimum atomic E-state index is 0.129. The van der Waals surface area contributed by atoms with Crippen LogP contribution in [0.5, 0.6) is 5.75 Å². The Morgan fingerprint density at radius 2 is 1.85 bits per heavy atom. The molecule has 1 aromatic rings. The Hall–Kier alpha value is -1.02. The van der Waals surface area contributed by atoms with E-state index < -0.39 is 0 Å². The molecule has 2 rings (SSSR count). The maximum absolute atomic E-state index is 6.26. The predicted molar refractivity (Wildman–Crippen MR) is 85.4 cm³/mol. The monoisotopic (exact) mass is 275 g/mol. The summed E-state index contributed by atoms with van der Waals surface area (Å²) in [5.74, 6) is 1.13. The van der Waals surface area contributed by atoms with Crippen LogP contribution < -0.4 is 4.74 Å². The fraction of sp³-hybridized carbons (Fsp3) is 0.667. The van der Waals surface area contributed by atoms with Gasteiger partial charge < -0.3 is 4.74 Å². The van der Waals surface area contributed by atoms with Crippen molar-refractivity contribution in [1.82, 2.24) is 4.90 Å². The van der Waals surface area contributed by atoms with Crippen LogP contribution in [0.4, 0.5) is 0 Å². The quantitative estimate of drug-likeness (QED) is 0.791. The van der Waals surface area contributed by atoms with E-state index in [1.807, 2.05) is 0 Å². The molecule has 0 aliphatic carbocycles. The van der Waals surface area contributed by atoms with Crippen molar-refractivity contribution in [2.45, 2.75) is 58.8 Å². The van der Waals surface area contributed by atoms with E-state index in [4.69, 9.17) is 4.74 Å². The molecule has 0 spiro atoms. The standard InChI is InChI=1S/C18H29NO/c1-5-9-15-10-8-11-16(18(2,3)4)17(15)20-14-19-12-6-7-13-19/h8,10-11H,5-7,9,12-14H2,1-4H3. The maximum Gasteiger partial charge on any atom is 0.142 e. The highest BCUT2D eigenvalue weighted by molar-refractivity contribution is 5.45. The highest BCUT2D eigenvalue weighted by atomic mass is 16.5. The molecule has 0 saturated carbocycles. The first-order valence-corrected chi connectivity index (χ1v) is 8.00. The summed E-state index contributed by atoms with van der Waals surface area (Å²) in [5, 5.41) is 0. The molecule has 2 heteroatoms. The van der Waals surface area contributed by atoms with Crippen LogP contribution in [-0.4, -0.2) is 24.7 Å². The van der Waals surface area contributed by atoms with Gasteiger partial charge in [0.1, 0.15) is 12.5 Å². The molecule has 112 valence electrons. The van der Waals surface area contributed by atoms with Crippen LogP contribution in [0, 0.1) is 0 Å². The van der Waals surface area contributed by atoms with Crippen molar-refractivity contribution in [2.75, 3.05) is 19.8 Å². The Labute approximate surface area is 124 Å². The molecule has 20 heavy (non-hydrogen) atoms. The lowest BCUT2D eigenvalue weighted by Gasteiger charge is -2.26. The molecular formula is C18H29NO. The third kappa shape index (κ3) is 3.76. The van der Waals surface area contributed by atoms with Crippen molar-refractivity contribution in [3.05, 3.63) is 29.3 Å². The van der Waals surface area contributed by atoms with Gasteiger partial charge >= 0.3 is 0 Å². The van der Waals surface area contributed by atoms with Crippen LogP contribution in [0.3, 0.4) is 0 Å². The molecule has 0 N–H and O–H groups in total. The Kier molecular flexibility index (Phi) is 5.09. The number of para-hydroxylation sites is 1. The van der Waals surface area contributed by atoms with Gasteiger partial charge in [-0.15, -0.1) is 0 Å². The zero-order valence-electron chi connectivity index (χ0n) is 13.5. The van der Waals surface area contributed by atoms with Crippen LogP contribution in [0.1, 0.15) is 58.1 Å². The Balaban J connectivity index is 2.21. The Morgan fingerprint density at radius 3 is 2.45 bits per heavy atom. The van der Waals surface area contributed by atoms with Crippen LogP contribution >= 0.6 is 0 Å². The number of hydrogen-bond donors (Lipinski definition) is 0. The molecule has 0 amide bonds. The van der Waals surface area contributed by atoms with Crippen LogP contribution in [0.15, 0.2) is 18.2 Å². The highest BCUT2D eigenvalue weighted by Crippen LogP contribution is 2.35. The molecule has 0 atom stereocenters. The smallest absolute Gasteiger partial charge is 0.142 e. The SMILES string of the molecule is CCCc1cccc(C(C)(C)C)c1OCN1CCCC1. The first-order chi connectivity index (χ1) is 9.52. The molecule has 0 radical (unpaired) electrons. The number of nitrogens with zero attached hydrogens (tertiary/aromatic N) is 1. The van der Waals surface area contributed by atoms with E-state index in [0.29, 0.717) is 0 Å². The summed E-state index contributed by atoms with van der Waals surface area (Å²) in [6.07, 6.45) is 4.88. The molecule has 1 fully saturated rings. The van der Waals surface area contributed by atoms with Crippen LogP contribution in [0.2, 0.25) is 0 Å².